The Balaban J connectivity index is 1.97. The topological polar surface area (TPSA) is 69.5 Å². The predicted octanol–water partition coefficient (Wildman–Crippen LogP) is 1.86. The van der Waals surface area contributed by atoms with Crippen molar-refractivity contribution < 1.29 is 10.3 Å². The molecule has 1 aliphatic heterocycles. The number of fused-ring (bicyclic) bond motifs is 1. The van der Waals surface area contributed by atoms with Crippen molar-refractivity contribution in [2.24, 2.45) is 5.92 Å². The van der Waals surface area contributed by atoms with E-state index in [4.69, 9.17) is 12.1 Å². The molecule has 1 N–H and O–H groups in total. The second kappa shape index (κ2) is 6.48. The van der Waals surface area contributed by atoms with Gasteiger partial charge in [-0.15, -0.1) is 0 Å². The smallest absolute Gasteiger partial charge is 0.302 e. The highest BCUT2D eigenvalue weighted by Crippen LogP contribution is 2.29. The lowest BCUT2D eigenvalue weighted by atomic mass is 9.92. The maximum absolute atomic E-state index is 12.4. The monoisotopic (exact) mass is 330 g/mol. The van der Waals surface area contributed by atoms with Gasteiger partial charge in [0.2, 0.25) is 0 Å². The summed E-state index contributed by atoms with van der Waals surface area (Å²) in [4.78, 5) is 29.7. The van der Waals surface area contributed by atoms with Crippen LogP contribution in [0.2, 0.25) is 0 Å². The van der Waals surface area contributed by atoms with Gasteiger partial charge in [-0.2, -0.15) is 0 Å². The average Bonchev–Trinajstić information content (AvgIpc) is 2.94. The number of piperidine rings is 1. The molecule has 3 heterocycles. The summed E-state index contributed by atoms with van der Waals surface area (Å²) >= 11 is 0. The number of likely N-dealkylation sites (tertiary alicyclic amines) is 1. The molecule has 24 heavy (non-hydrogen) atoms. The van der Waals surface area contributed by atoms with Gasteiger partial charge in [0.1, 0.15) is 21.9 Å². The SMILES string of the molecule is [2H]c1nc(N(C)[C@H]2CN(C(=O)C([2H])([2H])[N+]#[C-])CC[C@H]2C)c2c([2H])c(C)[nH]c2n1. The summed E-state index contributed by atoms with van der Waals surface area (Å²) in [6.45, 7) is 8.77. The first-order valence-corrected chi connectivity index (χ1v) is 7.81. The Bertz CT molecular complexity index is 969. The second-order valence-corrected chi connectivity index (χ2v) is 6.16. The molecular formula is C17H22N6O. The van der Waals surface area contributed by atoms with Gasteiger partial charge in [-0.05, 0) is 25.3 Å². The van der Waals surface area contributed by atoms with Crippen molar-refractivity contribution in [3.05, 3.63) is 29.5 Å². The largest absolute Gasteiger partial charge is 0.354 e. The summed E-state index contributed by atoms with van der Waals surface area (Å²) in [6, 6.07) is 0.0592. The highest BCUT2D eigenvalue weighted by Gasteiger charge is 2.33. The van der Waals surface area contributed by atoms with Crippen molar-refractivity contribution in [3.8, 4) is 0 Å². The van der Waals surface area contributed by atoms with E-state index >= 15 is 0 Å². The molecule has 1 saturated heterocycles. The van der Waals surface area contributed by atoms with E-state index in [2.05, 4.69) is 19.8 Å². The van der Waals surface area contributed by atoms with Crippen molar-refractivity contribution >= 4 is 22.8 Å². The molecule has 7 nitrogen and oxygen atoms in total. The molecule has 0 aliphatic carbocycles. The van der Waals surface area contributed by atoms with Crippen molar-refractivity contribution in [2.75, 3.05) is 31.5 Å². The number of aromatic nitrogens is 3. The third-order valence-electron chi connectivity index (χ3n) is 4.59. The number of carbonyl (C=O) groups excluding carboxylic acids is 1. The van der Waals surface area contributed by atoms with Gasteiger partial charge in [0, 0.05) is 25.8 Å². The summed E-state index contributed by atoms with van der Waals surface area (Å²) < 4.78 is 31.4. The summed E-state index contributed by atoms with van der Waals surface area (Å²) in [6.07, 6.45) is 0.479. The van der Waals surface area contributed by atoms with Crippen LogP contribution in [0.1, 0.15) is 24.5 Å². The van der Waals surface area contributed by atoms with Gasteiger partial charge in [0.25, 0.3) is 6.50 Å². The van der Waals surface area contributed by atoms with E-state index in [1.54, 1.807) is 14.0 Å². The van der Waals surface area contributed by atoms with Crippen LogP contribution in [-0.4, -0.2) is 58.4 Å². The number of likely N-dealkylation sites (N-methyl/N-ethyl adjacent to an activating group) is 1. The minimum atomic E-state index is -2.58. The number of rotatable bonds is 3. The Morgan fingerprint density at radius 3 is 3.21 bits per heavy atom. The third-order valence-corrected chi connectivity index (χ3v) is 4.59. The lowest BCUT2D eigenvalue weighted by molar-refractivity contribution is -0.130. The highest BCUT2D eigenvalue weighted by molar-refractivity contribution is 5.88. The van der Waals surface area contributed by atoms with Gasteiger partial charge in [-0.25, -0.2) is 16.5 Å². The zero-order valence-corrected chi connectivity index (χ0v) is 13.9. The van der Waals surface area contributed by atoms with Crippen LogP contribution in [0.25, 0.3) is 15.9 Å². The van der Waals surface area contributed by atoms with Crippen LogP contribution in [0.4, 0.5) is 5.82 Å². The fourth-order valence-corrected chi connectivity index (χ4v) is 3.21. The highest BCUT2D eigenvalue weighted by atomic mass is 16.2. The van der Waals surface area contributed by atoms with Gasteiger partial charge in [-0.3, -0.25) is 4.79 Å². The van der Waals surface area contributed by atoms with Crippen LogP contribution >= 0.6 is 0 Å². The quantitative estimate of drug-likeness (QED) is 0.872. The maximum atomic E-state index is 12.4. The lowest BCUT2D eigenvalue weighted by Crippen LogP contribution is -2.53. The first-order valence-electron chi connectivity index (χ1n) is 9.81. The fraction of sp³-hybridized carbons (Fsp3) is 0.529. The number of H-pyrrole nitrogens is 1. The van der Waals surface area contributed by atoms with Gasteiger partial charge in [0.05, 0.1) is 12.8 Å². The van der Waals surface area contributed by atoms with Crippen LogP contribution in [0.15, 0.2) is 12.3 Å². The van der Waals surface area contributed by atoms with E-state index in [-0.39, 0.29) is 30.9 Å². The van der Waals surface area contributed by atoms with Gasteiger partial charge >= 0.3 is 5.91 Å². The molecule has 7 heteroatoms. The number of nitrogens with one attached hydrogen (secondary N) is 1. The number of anilines is 1. The van der Waals surface area contributed by atoms with E-state index < -0.39 is 12.4 Å². The Morgan fingerprint density at radius 1 is 1.67 bits per heavy atom. The lowest BCUT2D eigenvalue weighted by Gasteiger charge is -2.41. The van der Waals surface area contributed by atoms with Gasteiger partial charge in [-0.1, -0.05) is 6.92 Å². The summed E-state index contributed by atoms with van der Waals surface area (Å²) in [5.41, 5.74) is 1.05. The number of hydrogen-bond acceptors (Lipinski definition) is 4. The molecule has 3 rings (SSSR count). The van der Waals surface area contributed by atoms with Crippen molar-refractivity contribution in [1.29, 1.82) is 0 Å². The summed E-state index contributed by atoms with van der Waals surface area (Å²) in [7, 11) is 1.79. The van der Waals surface area contributed by atoms with Crippen LogP contribution in [0.3, 0.4) is 0 Å². The average molecular weight is 330 g/mol. The Morgan fingerprint density at radius 2 is 2.46 bits per heavy atom. The molecule has 0 spiro atoms. The van der Waals surface area contributed by atoms with Crippen LogP contribution in [0, 0.1) is 19.4 Å². The number of aryl methyl sites for hydroxylation is 1. The summed E-state index contributed by atoms with van der Waals surface area (Å²) in [5.74, 6) is -0.231. The Hall–Kier alpha value is -2.62. The molecule has 1 aliphatic rings. The molecule has 0 radical (unpaired) electrons. The van der Waals surface area contributed by atoms with Crippen molar-refractivity contribution in [1.82, 2.24) is 19.9 Å². The van der Waals surface area contributed by atoms with Gasteiger partial charge in [0.15, 0.2) is 0 Å². The minimum absolute atomic E-state index is 0.168. The number of aromatic amines is 1. The first-order chi connectivity index (χ1) is 13.1. The van der Waals surface area contributed by atoms with E-state index in [0.717, 1.165) is 0 Å². The van der Waals surface area contributed by atoms with Crippen molar-refractivity contribution in [2.45, 2.75) is 26.3 Å². The normalized spacial score (nSPS) is 23.8. The molecular weight excluding hydrogens is 304 g/mol. The van der Waals surface area contributed by atoms with E-state index in [1.807, 2.05) is 11.8 Å². The third kappa shape index (κ3) is 2.92. The molecule has 2 atom stereocenters. The summed E-state index contributed by atoms with van der Waals surface area (Å²) in [5, 5.41) is 0.517. The zero-order valence-electron chi connectivity index (χ0n) is 17.9. The Kier molecular flexibility index (Phi) is 3.20. The van der Waals surface area contributed by atoms with E-state index in [0.29, 0.717) is 35.5 Å². The maximum Gasteiger partial charge on any atom is 0.302 e. The molecule has 126 valence electrons. The minimum Gasteiger partial charge on any atom is -0.354 e. The number of hydrogen-bond donors (Lipinski definition) is 1. The molecule has 0 unspecified atom stereocenters. The molecule has 0 bridgehead atoms. The predicted molar refractivity (Wildman–Crippen MR) is 92.6 cm³/mol. The van der Waals surface area contributed by atoms with Crippen LogP contribution in [-0.2, 0) is 4.79 Å². The standard InChI is InChI=1S/C17H22N6O/c1-11-5-6-23(15(24)8-18-3)9-14(11)22(4)17-13-7-12(2)21-16(13)19-10-20-17/h7,10-11,14H,5-6,8-9H2,1-2,4H3,(H,19,20,21)/t11-,14+/m1/s1/i7D,8D2,10D. The molecule has 2 aromatic rings. The molecule has 0 saturated carbocycles. The van der Waals surface area contributed by atoms with Crippen LogP contribution in [0.5, 0.6) is 0 Å². The Labute approximate surface area is 147 Å². The molecule has 1 amide bonds. The zero-order chi connectivity index (χ0) is 20.8. The molecule has 0 aromatic carbocycles. The van der Waals surface area contributed by atoms with Crippen molar-refractivity contribution in [3.63, 3.8) is 0 Å². The number of carbonyl (C=O) groups is 1. The number of amides is 1. The fourth-order valence-electron chi connectivity index (χ4n) is 3.21. The van der Waals surface area contributed by atoms with Gasteiger partial charge < -0.3 is 19.6 Å². The van der Waals surface area contributed by atoms with E-state index in [9.17, 15) is 4.79 Å². The molecule has 2 aromatic heterocycles. The first kappa shape index (κ1) is 11.8. The second-order valence-electron chi connectivity index (χ2n) is 6.16. The van der Waals surface area contributed by atoms with E-state index in [1.165, 1.54) is 4.90 Å². The molecule has 1 fully saturated rings. The van der Waals surface area contributed by atoms with Crippen LogP contribution < -0.4 is 4.90 Å². The number of nitrogens with zero attached hydrogens (tertiary/aromatic N) is 5.